The quantitative estimate of drug-likeness (QED) is 0.864. The first-order chi connectivity index (χ1) is 9.11. The molecule has 2 N–H and O–H groups in total. The lowest BCUT2D eigenvalue weighted by molar-refractivity contribution is 0.466. The molecule has 0 aliphatic rings. The summed E-state index contributed by atoms with van der Waals surface area (Å²) in [6.45, 7) is 4.12. The molecule has 19 heavy (non-hydrogen) atoms. The molecule has 0 saturated carbocycles. The van der Waals surface area contributed by atoms with Crippen LogP contribution in [0.1, 0.15) is 30.5 Å². The van der Waals surface area contributed by atoms with E-state index in [9.17, 15) is 0 Å². The summed E-state index contributed by atoms with van der Waals surface area (Å²) in [5.74, 6) is 1.63. The Kier molecular flexibility index (Phi) is 4.61. The van der Waals surface area contributed by atoms with Crippen molar-refractivity contribution in [3.63, 3.8) is 0 Å². The standard InChI is InChI=1S/C16H18BrNO/c1-3-14(18)12-6-4-5-7-15(12)19-16-9-8-11(2)10-13(16)17/h4-10,14H,3,18H2,1-2H3. The average molecular weight is 320 g/mol. The van der Waals surface area contributed by atoms with Gasteiger partial charge in [-0.25, -0.2) is 0 Å². The summed E-state index contributed by atoms with van der Waals surface area (Å²) in [4.78, 5) is 0. The highest BCUT2D eigenvalue weighted by atomic mass is 79.9. The number of aryl methyl sites for hydroxylation is 1. The van der Waals surface area contributed by atoms with Crippen LogP contribution >= 0.6 is 15.9 Å². The summed E-state index contributed by atoms with van der Waals surface area (Å²) in [6, 6.07) is 14.0. The Morgan fingerprint density at radius 1 is 1.16 bits per heavy atom. The molecule has 2 aromatic carbocycles. The number of ether oxygens (including phenoxy) is 1. The summed E-state index contributed by atoms with van der Waals surface area (Å²) < 4.78 is 6.94. The van der Waals surface area contributed by atoms with E-state index < -0.39 is 0 Å². The molecule has 0 aliphatic carbocycles. The van der Waals surface area contributed by atoms with Crippen molar-refractivity contribution < 1.29 is 4.74 Å². The van der Waals surface area contributed by atoms with E-state index >= 15 is 0 Å². The predicted octanol–water partition coefficient (Wildman–Crippen LogP) is 4.96. The van der Waals surface area contributed by atoms with Gasteiger partial charge in [-0.3, -0.25) is 0 Å². The van der Waals surface area contributed by atoms with E-state index in [2.05, 4.69) is 29.8 Å². The third-order valence-corrected chi connectivity index (χ3v) is 3.69. The molecule has 0 spiro atoms. The molecule has 0 aromatic heterocycles. The number of halogens is 1. The molecule has 1 unspecified atom stereocenters. The lowest BCUT2D eigenvalue weighted by Crippen LogP contribution is -2.09. The van der Waals surface area contributed by atoms with E-state index in [4.69, 9.17) is 10.5 Å². The highest BCUT2D eigenvalue weighted by molar-refractivity contribution is 9.10. The SMILES string of the molecule is CCC(N)c1ccccc1Oc1ccc(C)cc1Br. The zero-order valence-electron chi connectivity index (χ0n) is 11.2. The van der Waals surface area contributed by atoms with Crippen LogP contribution in [0.4, 0.5) is 0 Å². The van der Waals surface area contributed by atoms with Gasteiger partial charge in [0.25, 0.3) is 0 Å². The van der Waals surface area contributed by atoms with Crippen LogP contribution in [0.25, 0.3) is 0 Å². The van der Waals surface area contributed by atoms with E-state index in [1.54, 1.807) is 0 Å². The highest BCUT2D eigenvalue weighted by Gasteiger charge is 2.11. The summed E-state index contributed by atoms with van der Waals surface area (Å²) in [7, 11) is 0. The zero-order valence-corrected chi connectivity index (χ0v) is 12.8. The Hall–Kier alpha value is -1.32. The molecule has 0 fully saturated rings. The van der Waals surface area contributed by atoms with Crippen LogP contribution in [-0.4, -0.2) is 0 Å². The molecule has 3 heteroatoms. The van der Waals surface area contributed by atoms with Crippen molar-refractivity contribution in [1.29, 1.82) is 0 Å². The number of hydrogen-bond donors (Lipinski definition) is 1. The number of benzene rings is 2. The minimum atomic E-state index is 0.000392. The van der Waals surface area contributed by atoms with Gasteiger partial charge in [0.15, 0.2) is 0 Å². The van der Waals surface area contributed by atoms with Crippen LogP contribution in [0.15, 0.2) is 46.9 Å². The van der Waals surface area contributed by atoms with E-state index in [1.165, 1.54) is 5.56 Å². The van der Waals surface area contributed by atoms with E-state index in [0.29, 0.717) is 0 Å². The van der Waals surface area contributed by atoms with Gasteiger partial charge in [-0.2, -0.15) is 0 Å². The molecule has 0 saturated heterocycles. The second kappa shape index (κ2) is 6.22. The second-order valence-electron chi connectivity index (χ2n) is 4.59. The van der Waals surface area contributed by atoms with Gasteiger partial charge in [0.05, 0.1) is 4.47 Å². The van der Waals surface area contributed by atoms with Crippen molar-refractivity contribution >= 4 is 15.9 Å². The maximum absolute atomic E-state index is 6.12. The van der Waals surface area contributed by atoms with E-state index in [0.717, 1.165) is 28.0 Å². The van der Waals surface area contributed by atoms with E-state index in [1.807, 2.05) is 42.5 Å². The molecular weight excluding hydrogens is 302 g/mol. The smallest absolute Gasteiger partial charge is 0.141 e. The number of para-hydroxylation sites is 1. The van der Waals surface area contributed by atoms with Crippen LogP contribution in [0, 0.1) is 6.92 Å². The first-order valence-corrected chi connectivity index (χ1v) is 7.19. The van der Waals surface area contributed by atoms with Crippen molar-refractivity contribution in [1.82, 2.24) is 0 Å². The summed E-state index contributed by atoms with van der Waals surface area (Å²) in [5.41, 5.74) is 8.35. The maximum atomic E-state index is 6.12. The summed E-state index contributed by atoms with van der Waals surface area (Å²) in [5, 5.41) is 0. The van der Waals surface area contributed by atoms with Gasteiger partial charge >= 0.3 is 0 Å². The number of hydrogen-bond acceptors (Lipinski definition) is 2. The van der Waals surface area contributed by atoms with Gasteiger partial charge in [-0.05, 0) is 53.0 Å². The summed E-state index contributed by atoms with van der Waals surface area (Å²) >= 11 is 3.53. The number of nitrogens with two attached hydrogens (primary N) is 1. The van der Waals surface area contributed by atoms with Gasteiger partial charge in [0.1, 0.15) is 11.5 Å². The lowest BCUT2D eigenvalue weighted by Gasteiger charge is -2.16. The molecule has 2 aromatic rings. The highest BCUT2D eigenvalue weighted by Crippen LogP contribution is 2.34. The average Bonchev–Trinajstić information content (AvgIpc) is 2.41. The van der Waals surface area contributed by atoms with Crippen LogP contribution in [0.3, 0.4) is 0 Å². The molecule has 2 nitrogen and oxygen atoms in total. The molecule has 1 atom stereocenters. The minimum absolute atomic E-state index is 0.000392. The Morgan fingerprint density at radius 2 is 1.89 bits per heavy atom. The third kappa shape index (κ3) is 3.37. The Labute approximate surface area is 122 Å². The van der Waals surface area contributed by atoms with Gasteiger partial charge in [0, 0.05) is 11.6 Å². The van der Waals surface area contributed by atoms with Crippen LogP contribution in [-0.2, 0) is 0 Å². The Balaban J connectivity index is 2.33. The molecular formula is C16H18BrNO. The Bertz CT molecular complexity index is 568. The van der Waals surface area contributed by atoms with Crippen molar-refractivity contribution in [3.8, 4) is 11.5 Å². The predicted molar refractivity (Wildman–Crippen MR) is 82.6 cm³/mol. The monoisotopic (exact) mass is 319 g/mol. The lowest BCUT2D eigenvalue weighted by atomic mass is 10.0. The third-order valence-electron chi connectivity index (χ3n) is 3.07. The molecule has 0 radical (unpaired) electrons. The van der Waals surface area contributed by atoms with Crippen LogP contribution in [0.2, 0.25) is 0 Å². The largest absolute Gasteiger partial charge is 0.456 e. The normalized spacial score (nSPS) is 12.2. The molecule has 0 bridgehead atoms. The van der Waals surface area contributed by atoms with Crippen LogP contribution < -0.4 is 10.5 Å². The van der Waals surface area contributed by atoms with Crippen molar-refractivity contribution in [2.75, 3.05) is 0 Å². The fraction of sp³-hybridized carbons (Fsp3) is 0.250. The van der Waals surface area contributed by atoms with Gasteiger partial charge in [-0.15, -0.1) is 0 Å². The van der Waals surface area contributed by atoms with Gasteiger partial charge < -0.3 is 10.5 Å². The second-order valence-corrected chi connectivity index (χ2v) is 5.44. The van der Waals surface area contributed by atoms with Crippen LogP contribution in [0.5, 0.6) is 11.5 Å². The van der Waals surface area contributed by atoms with Crippen molar-refractivity contribution in [2.24, 2.45) is 5.73 Å². The minimum Gasteiger partial charge on any atom is -0.456 e. The molecule has 2 rings (SSSR count). The summed E-state index contributed by atoms with van der Waals surface area (Å²) in [6.07, 6.45) is 0.884. The first-order valence-electron chi connectivity index (χ1n) is 6.40. The van der Waals surface area contributed by atoms with Crippen molar-refractivity contribution in [3.05, 3.63) is 58.1 Å². The fourth-order valence-electron chi connectivity index (χ4n) is 1.91. The van der Waals surface area contributed by atoms with Crippen molar-refractivity contribution in [2.45, 2.75) is 26.3 Å². The van der Waals surface area contributed by atoms with E-state index in [-0.39, 0.29) is 6.04 Å². The molecule has 100 valence electrons. The maximum Gasteiger partial charge on any atom is 0.141 e. The van der Waals surface area contributed by atoms with Gasteiger partial charge in [-0.1, -0.05) is 31.2 Å². The zero-order chi connectivity index (χ0) is 13.8. The fourth-order valence-corrected chi connectivity index (χ4v) is 2.48. The molecule has 0 aliphatic heterocycles. The molecule has 0 heterocycles. The number of rotatable bonds is 4. The topological polar surface area (TPSA) is 35.2 Å². The first kappa shape index (κ1) is 14.1. The molecule has 0 amide bonds. The van der Waals surface area contributed by atoms with Gasteiger partial charge in [0.2, 0.25) is 0 Å². The Morgan fingerprint density at radius 3 is 2.58 bits per heavy atom.